The maximum absolute atomic E-state index is 11.2. The van der Waals surface area contributed by atoms with Crippen LogP contribution in [0.3, 0.4) is 0 Å². The van der Waals surface area contributed by atoms with E-state index in [0.29, 0.717) is 10.7 Å². The first kappa shape index (κ1) is 13.9. The molecule has 1 aromatic rings. The van der Waals surface area contributed by atoms with Gasteiger partial charge in [0.05, 0.1) is 12.3 Å². The van der Waals surface area contributed by atoms with Crippen LogP contribution in [0.15, 0.2) is 28.4 Å². The minimum atomic E-state index is -1.13. The van der Waals surface area contributed by atoms with E-state index in [2.05, 4.69) is 15.0 Å². The zero-order chi connectivity index (χ0) is 12.8. The number of hydrogen-bond donors (Lipinski definition) is 0. The highest BCUT2D eigenvalue weighted by Crippen LogP contribution is 2.22. The number of nitrogens with zero attached hydrogens (tertiary/aromatic N) is 2. The summed E-state index contributed by atoms with van der Waals surface area (Å²) in [7, 11) is 0. The van der Waals surface area contributed by atoms with Gasteiger partial charge in [-0.15, -0.1) is 0 Å². The van der Waals surface area contributed by atoms with Gasteiger partial charge in [-0.05, 0) is 31.5 Å². The van der Waals surface area contributed by atoms with E-state index in [1.807, 2.05) is 13.0 Å². The number of hydrogen-bond acceptors (Lipinski definition) is 4. The lowest BCUT2D eigenvalue weighted by Crippen LogP contribution is -2.14. The summed E-state index contributed by atoms with van der Waals surface area (Å²) in [5.74, 6) is -0.615. The Labute approximate surface area is 110 Å². The van der Waals surface area contributed by atoms with Gasteiger partial charge in [0.2, 0.25) is 5.50 Å². The molecule has 1 unspecified atom stereocenters. The zero-order valence-corrected chi connectivity index (χ0v) is 11.0. The highest BCUT2D eigenvalue weighted by molar-refractivity contribution is 6.31. The van der Waals surface area contributed by atoms with Crippen molar-refractivity contribution >= 4 is 34.9 Å². The first-order valence-electron chi connectivity index (χ1n) is 5.02. The summed E-state index contributed by atoms with van der Waals surface area (Å²) < 4.78 is 4.68. The number of alkyl halides is 1. The molecule has 4 nitrogen and oxygen atoms in total. The van der Waals surface area contributed by atoms with Crippen molar-refractivity contribution in [3.8, 4) is 0 Å². The van der Waals surface area contributed by atoms with Crippen molar-refractivity contribution in [1.82, 2.24) is 0 Å². The summed E-state index contributed by atoms with van der Waals surface area (Å²) in [6.45, 7) is 3.83. The number of ether oxygens (including phenoxy) is 1. The number of benzene rings is 1. The van der Waals surface area contributed by atoms with E-state index < -0.39 is 11.5 Å². The summed E-state index contributed by atoms with van der Waals surface area (Å²) in [5, 5.41) is 8.05. The van der Waals surface area contributed by atoms with Crippen LogP contribution in [0.25, 0.3) is 0 Å². The molecule has 0 bridgehead atoms. The molecule has 0 N–H and O–H groups in total. The monoisotopic (exact) mass is 274 g/mol. The minimum absolute atomic E-state index is 0.258. The van der Waals surface area contributed by atoms with Crippen LogP contribution < -0.4 is 0 Å². The Balaban J connectivity index is 2.70. The molecule has 0 aliphatic rings. The number of aryl methyl sites for hydroxylation is 1. The first-order valence-corrected chi connectivity index (χ1v) is 5.83. The van der Waals surface area contributed by atoms with Gasteiger partial charge < -0.3 is 4.74 Å². The molecular formula is C11H12Cl2N2O2. The van der Waals surface area contributed by atoms with Crippen molar-refractivity contribution in [3.05, 3.63) is 28.8 Å². The van der Waals surface area contributed by atoms with E-state index in [1.54, 1.807) is 19.1 Å². The molecule has 0 aliphatic carbocycles. The summed E-state index contributed by atoms with van der Waals surface area (Å²) in [4.78, 5) is 11.2. The molecule has 0 spiro atoms. The molecule has 1 atom stereocenters. The van der Waals surface area contributed by atoms with Gasteiger partial charge in [0, 0.05) is 5.02 Å². The number of halogens is 2. The van der Waals surface area contributed by atoms with Crippen LogP contribution in [0.5, 0.6) is 0 Å². The van der Waals surface area contributed by atoms with Crippen molar-refractivity contribution in [2.45, 2.75) is 19.3 Å². The second-order valence-corrected chi connectivity index (χ2v) is 4.06. The Morgan fingerprint density at radius 3 is 2.82 bits per heavy atom. The second-order valence-electron chi connectivity index (χ2n) is 3.24. The number of esters is 1. The largest absolute Gasteiger partial charge is 0.463 e. The third-order valence-corrected chi connectivity index (χ3v) is 2.58. The third-order valence-electron chi connectivity index (χ3n) is 1.91. The van der Waals surface area contributed by atoms with E-state index in [9.17, 15) is 4.79 Å². The standard InChI is InChI=1S/C11H12Cl2N2O2/c1-3-17-11(16)10(13)15-14-8-5-4-7(2)9(12)6-8/h4-6,10H,3H2,1-2H3. The van der Waals surface area contributed by atoms with E-state index in [0.717, 1.165) is 5.56 Å². The maximum atomic E-state index is 11.2. The molecule has 1 aromatic carbocycles. The number of rotatable bonds is 4. The molecule has 0 saturated heterocycles. The molecule has 0 fully saturated rings. The van der Waals surface area contributed by atoms with Gasteiger partial charge in [0.1, 0.15) is 0 Å². The summed E-state index contributed by atoms with van der Waals surface area (Å²) in [5.41, 5.74) is 0.351. The summed E-state index contributed by atoms with van der Waals surface area (Å²) in [6, 6.07) is 5.19. The lowest BCUT2D eigenvalue weighted by molar-refractivity contribution is -0.142. The van der Waals surface area contributed by atoms with Gasteiger partial charge in [0.15, 0.2) is 0 Å². The minimum Gasteiger partial charge on any atom is -0.463 e. The summed E-state index contributed by atoms with van der Waals surface area (Å²) in [6.07, 6.45) is 0. The van der Waals surface area contributed by atoms with E-state index >= 15 is 0 Å². The Hall–Kier alpha value is -1.13. The molecule has 0 aliphatic heterocycles. The van der Waals surface area contributed by atoms with Gasteiger partial charge in [-0.1, -0.05) is 29.3 Å². The molecule has 0 saturated carbocycles. The molecule has 0 aromatic heterocycles. The Morgan fingerprint density at radius 2 is 2.24 bits per heavy atom. The average Bonchev–Trinajstić information content (AvgIpc) is 2.30. The second kappa shape index (κ2) is 6.57. The van der Waals surface area contributed by atoms with Crippen molar-refractivity contribution in [2.75, 3.05) is 6.61 Å². The molecule has 1 rings (SSSR count). The Bertz CT molecular complexity index is 435. The SMILES string of the molecule is CCOC(=O)C(Cl)N=Nc1ccc(C)c(Cl)c1. The van der Waals surface area contributed by atoms with Crippen LogP contribution >= 0.6 is 23.2 Å². The maximum Gasteiger partial charge on any atom is 0.348 e. The molecule has 0 radical (unpaired) electrons. The van der Waals surface area contributed by atoms with E-state index in [-0.39, 0.29) is 6.61 Å². The van der Waals surface area contributed by atoms with Crippen LogP contribution in [0, 0.1) is 6.92 Å². The van der Waals surface area contributed by atoms with Gasteiger partial charge in [-0.3, -0.25) is 0 Å². The molecule has 0 heterocycles. The third kappa shape index (κ3) is 4.32. The zero-order valence-electron chi connectivity index (χ0n) is 9.48. The fraction of sp³-hybridized carbons (Fsp3) is 0.364. The molecule has 6 heteroatoms. The van der Waals surface area contributed by atoms with Gasteiger partial charge in [0.25, 0.3) is 0 Å². The van der Waals surface area contributed by atoms with E-state index in [4.69, 9.17) is 23.2 Å². The van der Waals surface area contributed by atoms with Crippen LogP contribution in [0.1, 0.15) is 12.5 Å². The van der Waals surface area contributed by atoms with Crippen LogP contribution in [0.4, 0.5) is 5.69 Å². The highest BCUT2D eigenvalue weighted by atomic mass is 35.5. The molecule has 17 heavy (non-hydrogen) atoms. The lowest BCUT2D eigenvalue weighted by Gasteiger charge is -2.02. The predicted molar refractivity (Wildman–Crippen MR) is 67.0 cm³/mol. The number of carbonyl (C=O) groups excluding carboxylic acids is 1. The average molecular weight is 275 g/mol. The predicted octanol–water partition coefficient (Wildman–Crippen LogP) is 3.86. The fourth-order valence-electron chi connectivity index (χ4n) is 1.02. The van der Waals surface area contributed by atoms with Crippen LogP contribution in [-0.2, 0) is 9.53 Å². The van der Waals surface area contributed by atoms with Crippen LogP contribution in [0.2, 0.25) is 5.02 Å². The summed E-state index contributed by atoms with van der Waals surface area (Å²) >= 11 is 11.6. The van der Waals surface area contributed by atoms with Crippen LogP contribution in [-0.4, -0.2) is 18.1 Å². The van der Waals surface area contributed by atoms with Crippen molar-refractivity contribution in [1.29, 1.82) is 0 Å². The quantitative estimate of drug-likeness (QED) is 0.362. The van der Waals surface area contributed by atoms with Crippen molar-refractivity contribution < 1.29 is 9.53 Å². The van der Waals surface area contributed by atoms with Gasteiger partial charge in [-0.25, -0.2) is 4.79 Å². The normalized spacial score (nSPS) is 12.7. The van der Waals surface area contributed by atoms with Gasteiger partial charge in [-0.2, -0.15) is 10.2 Å². The van der Waals surface area contributed by atoms with E-state index in [1.165, 1.54) is 0 Å². The number of azo groups is 1. The first-order chi connectivity index (χ1) is 8.04. The molecule has 92 valence electrons. The highest BCUT2D eigenvalue weighted by Gasteiger charge is 2.14. The topological polar surface area (TPSA) is 51.0 Å². The Morgan fingerprint density at radius 1 is 1.53 bits per heavy atom. The molecule has 0 amide bonds. The smallest absolute Gasteiger partial charge is 0.348 e. The lowest BCUT2D eigenvalue weighted by atomic mass is 10.2. The number of carbonyl (C=O) groups is 1. The van der Waals surface area contributed by atoms with Crippen molar-refractivity contribution in [3.63, 3.8) is 0 Å². The molecular weight excluding hydrogens is 263 g/mol. The van der Waals surface area contributed by atoms with Crippen molar-refractivity contribution in [2.24, 2.45) is 10.2 Å². The Kier molecular flexibility index (Phi) is 5.38. The fourth-order valence-corrected chi connectivity index (χ4v) is 1.30. The van der Waals surface area contributed by atoms with Gasteiger partial charge >= 0.3 is 5.97 Å².